The van der Waals surface area contributed by atoms with E-state index in [-0.39, 0.29) is 24.9 Å². The van der Waals surface area contributed by atoms with Crippen LogP contribution in [0.2, 0.25) is 0 Å². The van der Waals surface area contributed by atoms with Crippen LogP contribution in [-0.2, 0) is 16.1 Å². The molecule has 6 nitrogen and oxygen atoms in total. The molecule has 2 amide bonds. The third-order valence-electron chi connectivity index (χ3n) is 4.11. The van der Waals surface area contributed by atoms with Crippen molar-refractivity contribution in [3.8, 4) is 10.6 Å². The van der Waals surface area contributed by atoms with Crippen molar-refractivity contribution in [3.05, 3.63) is 41.9 Å². The van der Waals surface area contributed by atoms with Crippen LogP contribution in [0.25, 0.3) is 21.6 Å². The summed E-state index contributed by atoms with van der Waals surface area (Å²) in [5.74, 6) is -0.172. The third kappa shape index (κ3) is 2.67. The number of nitrogens with zero attached hydrogens (tertiary/aromatic N) is 3. The van der Waals surface area contributed by atoms with E-state index in [2.05, 4.69) is 16.4 Å². The van der Waals surface area contributed by atoms with Gasteiger partial charge in [-0.3, -0.25) is 9.59 Å². The molecule has 0 saturated carbocycles. The summed E-state index contributed by atoms with van der Waals surface area (Å²) in [5, 5.41) is 5.76. The lowest BCUT2D eigenvalue weighted by atomic mass is 10.3. The van der Waals surface area contributed by atoms with Gasteiger partial charge in [-0.1, -0.05) is 6.07 Å². The van der Waals surface area contributed by atoms with Crippen LogP contribution in [0.1, 0.15) is 0 Å². The number of piperazine rings is 1. The number of pyridine rings is 1. The molecule has 4 rings (SSSR count). The number of hydrogen-bond acceptors (Lipinski definition) is 4. The molecule has 122 valence electrons. The van der Waals surface area contributed by atoms with E-state index >= 15 is 0 Å². The van der Waals surface area contributed by atoms with E-state index in [1.54, 1.807) is 22.4 Å². The molecular formula is C17H16N4O2S. The molecule has 4 heterocycles. The first-order chi connectivity index (χ1) is 11.7. The third-order valence-corrected chi connectivity index (χ3v) is 5.01. The van der Waals surface area contributed by atoms with E-state index < -0.39 is 0 Å². The summed E-state index contributed by atoms with van der Waals surface area (Å²) in [4.78, 5) is 31.3. The summed E-state index contributed by atoms with van der Waals surface area (Å²) < 4.78 is 1.94. The quantitative estimate of drug-likeness (QED) is 0.789. The summed E-state index contributed by atoms with van der Waals surface area (Å²) in [6.45, 7) is 1.36. The topological polar surface area (TPSA) is 67.2 Å². The molecule has 3 aromatic heterocycles. The second kappa shape index (κ2) is 6.09. The van der Waals surface area contributed by atoms with Gasteiger partial charge in [0.15, 0.2) is 0 Å². The van der Waals surface area contributed by atoms with Gasteiger partial charge in [-0.15, -0.1) is 11.3 Å². The number of amides is 2. The van der Waals surface area contributed by atoms with Crippen molar-refractivity contribution in [2.75, 3.05) is 19.6 Å². The Morgan fingerprint density at radius 1 is 1.33 bits per heavy atom. The van der Waals surface area contributed by atoms with Crippen LogP contribution in [0.4, 0.5) is 0 Å². The number of aromatic nitrogens is 2. The second-order valence-corrected chi connectivity index (χ2v) is 6.62. The summed E-state index contributed by atoms with van der Waals surface area (Å²) >= 11 is 1.63. The fraction of sp³-hybridized carbons (Fsp3) is 0.235. The molecule has 0 bridgehead atoms. The van der Waals surface area contributed by atoms with E-state index in [4.69, 9.17) is 0 Å². The lowest BCUT2D eigenvalue weighted by molar-refractivity contribution is -0.138. The normalized spacial score (nSPS) is 14.8. The van der Waals surface area contributed by atoms with Gasteiger partial charge in [0.1, 0.15) is 12.2 Å². The molecule has 0 atom stereocenters. The molecule has 1 fully saturated rings. The Kier molecular flexibility index (Phi) is 3.78. The molecule has 0 aromatic carbocycles. The van der Waals surface area contributed by atoms with Gasteiger partial charge in [-0.2, -0.15) is 0 Å². The van der Waals surface area contributed by atoms with Crippen LogP contribution in [0.3, 0.4) is 0 Å². The van der Waals surface area contributed by atoms with E-state index in [0.29, 0.717) is 13.1 Å². The molecule has 0 unspecified atom stereocenters. The Bertz CT molecular complexity index is 901. The Morgan fingerprint density at radius 2 is 2.25 bits per heavy atom. The van der Waals surface area contributed by atoms with Gasteiger partial charge in [0.05, 0.1) is 17.1 Å². The Balaban J connectivity index is 1.71. The smallest absolute Gasteiger partial charge is 0.243 e. The molecule has 3 aromatic rings. The van der Waals surface area contributed by atoms with Crippen molar-refractivity contribution in [3.63, 3.8) is 0 Å². The highest BCUT2D eigenvalue weighted by Gasteiger charge is 2.23. The number of fused-ring (bicyclic) bond motifs is 1. The van der Waals surface area contributed by atoms with Gasteiger partial charge in [0.25, 0.3) is 0 Å². The van der Waals surface area contributed by atoms with Crippen molar-refractivity contribution in [1.29, 1.82) is 0 Å². The lowest BCUT2D eigenvalue weighted by Gasteiger charge is -2.27. The van der Waals surface area contributed by atoms with Crippen LogP contribution >= 0.6 is 11.3 Å². The number of carbonyl (C=O) groups excluding carboxylic acids is 2. The summed E-state index contributed by atoms with van der Waals surface area (Å²) in [7, 11) is 0. The van der Waals surface area contributed by atoms with Gasteiger partial charge in [-0.25, -0.2) is 4.98 Å². The van der Waals surface area contributed by atoms with E-state index in [0.717, 1.165) is 21.6 Å². The number of thiophene rings is 1. The number of hydrogen-bond donors (Lipinski definition) is 1. The first-order valence-corrected chi connectivity index (χ1v) is 8.63. The highest BCUT2D eigenvalue weighted by Crippen LogP contribution is 2.30. The zero-order chi connectivity index (χ0) is 16.5. The van der Waals surface area contributed by atoms with Crippen molar-refractivity contribution in [2.45, 2.75) is 6.54 Å². The molecule has 1 aliphatic rings. The number of carbonyl (C=O) groups is 2. The van der Waals surface area contributed by atoms with Gasteiger partial charge >= 0.3 is 0 Å². The molecule has 1 saturated heterocycles. The number of nitrogens with one attached hydrogen (secondary N) is 1. The minimum absolute atomic E-state index is 0.0641. The zero-order valence-electron chi connectivity index (χ0n) is 12.9. The molecule has 0 aliphatic carbocycles. The predicted octanol–water partition coefficient (Wildman–Crippen LogP) is 1.72. The highest BCUT2D eigenvalue weighted by molar-refractivity contribution is 7.13. The largest absolute Gasteiger partial charge is 0.353 e. The molecule has 1 aliphatic heterocycles. The molecular weight excluding hydrogens is 324 g/mol. The van der Waals surface area contributed by atoms with E-state index in [1.165, 1.54) is 0 Å². The molecule has 24 heavy (non-hydrogen) atoms. The maximum Gasteiger partial charge on any atom is 0.243 e. The Morgan fingerprint density at radius 3 is 3.04 bits per heavy atom. The lowest BCUT2D eigenvalue weighted by Crippen LogP contribution is -2.50. The van der Waals surface area contributed by atoms with Crippen LogP contribution in [0.15, 0.2) is 41.9 Å². The monoisotopic (exact) mass is 340 g/mol. The SMILES string of the molecule is O=C1CN(C(=O)Cn2c(-c3cccs3)cc3cccnc32)CCN1. The summed E-state index contributed by atoms with van der Waals surface area (Å²) in [6, 6.07) is 9.97. The average molecular weight is 340 g/mol. The average Bonchev–Trinajstić information content (AvgIpc) is 3.23. The first-order valence-electron chi connectivity index (χ1n) is 7.75. The van der Waals surface area contributed by atoms with Crippen molar-refractivity contribution in [2.24, 2.45) is 0 Å². The second-order valence-electron chi connectivity index (χ2n) is 5.67. The first kappa shape index (κ1) is 14.9. The van der Waals surface area contributed by atoms with Crippen molar-refractivity contribution in [1.82, 2.24) is 19.8 Å². The van der Waals surface area contributed by atoms with Gasteiger partial charge in [0, 0.05) is 24.7 Å². The van der Waals surface area contributed by atoms with Crippen LogP contribution in [-0.4, -0.2) is 45.9 Å². The standard InChI is InChI=1S/C17H16N4O2S/c22-15-10-20(7-6-18-15)16(23)11-21-13(14-4-2-8-24-14)9-12-3-1-5-19-17(12)21/h1-5,8-9H,6-7,10-11H2,(H,18,22). The van der Waals surface area contributed by atoms with E-state index in [1.807, 2.05) is 34.2 Å². The Hall–Kier alpha value is -2.67. The fourth-order valence-electron chi connectivity index (χ4n) is 2.96. The predicted molar refractivity (Wildman–Crippen MR) is 92.6 cm³/mol. The van der Waals surface area contributed by atoms with E-state index in [9.17, 15) is 9.59 Å². The zero-order valence-corrected chi connectivity index (χ0v) is 13.8. The fourth-order valence-corrected chi connectivity index (χ4v) is 3.71. The minimum atomic E-state index is -0.108. The van der Waals surface area contributed by atoms with Crippen LogP contribution in [0.5, 0.6) is 0 Å². The highest BCUT2D eigenvalue weighted by atomic mass is 32.1. The summed E-state index contributed by atoms with van der Waals surface area (Å²) in [5.41, 5.74) is 1.77. The van der Waals surface area contributed by atoms with Crippen molar-refractivity contribution >= 4 is 34.2 Å². The molecule has 1 N–H and O–H groups in total. The molecule has 0 spiro atoms. The maximum atomic E-state index is 12.7. The van der Waals surface area contributed by atoms with Crippen LogP contribution in [0, 0.1) is 0 Å². The maximum absolute atomic E-state index is 12.7. The summed E-state index contributed by atoms with van der Waals surface area (Å²) in [6.07, 6.45) is 1.73. The van der Waals surface area contributed by atoms with Gasteiger partial charge in [0.2, 0.25) is 11.8 Å². The van der Waals surface area contributed by atoms with Crippen molar-refractivity contribution < 1.29 is 9.59 Å². The molecule has 0 radical (unpaired) electrons. The van der Waals surface area contributed by atoms with Crippen LogP contribution < -0.4 is 5.32 Å². The van der Waals surface area contributed by atoms with Gasteiger partial charge < -0.3 is 14.8 Å². The Labute approximate surface area is 142 Å². The number of rotatable bonds is 3. The molecule has 7 heteroatoms. The minimum Gasteiger partial charge on any atom is -0.353 e. The van der Waals surface area contributed by atoms with Gasteiger partial charge in [-0.05, 0) is 29.6 Å².